The number of methoxy groups -OCH3 is 1. The molecule has 150 valence electrons. The van der Waals surface area contributed by atoms with Gasteiger partial charge in [-0.15, -0.1) is 0 Å². The molecular formula is C21H32FN3O2. The van der Waals surface area contributed by atoms with Crippen LogP contribution < -0.4 is 4.74 Å². The third-order valence-corrected chi connectivity index (χ3v) is 5.85. The van der Waals surface area contributed by atoms with Gasteiger partial charge in [-0.1, -0.05) is 6.07 Å². The number of hydrogen-bond donors (Lipinski definition) is 0. The predicted molar refractivity (Wildman–Crippen MR) is 104 cm³/mol. The van der Waals surface area contributed by atoms with Crippen molar-refractivity contribution in [2.24, 2.45) is 5.92 Å². The van der Waals surface area contributed by atoms with Gasteiger partial charge >= 0.3 is 0 Å². The highest BCUT2D eigenvalue weighted by molar-refractivity contribution is 5.76. The normalized spacial score (nSPS) is 22.0. The molecule has 0 N–H and O–H groups in total. The summed E-state index contributed by atoms with van der Waals surface area (Å²) >= 11 is 0. The number of halogens is 1. The van der Waals surface area contributed by atoms with Crippen LogP contribution in [0.4, 0.5) is 4.39 Å². The average Bonchev–Trinajstić information content (AvgIpc) is 2.68. The molecule has 2 aliphatic rings. The number of nitrogens with zero attached hydrogens (tertiary/aromatic N) is 3. The Hall–Kier alpha value is -1.66. The van der Waals surface area contributed by atoms with E-state index in [0.717, 1.165) is 64.2 Å². The minimum Gasteiger partial charge on any atom is -0.494 e. The van der Waals surface area contributed by atoms with Crippen LogP contribution in [0.3, 0.4) is 0 Å². The fraction of sp³-hybridized carbons (Fsp3) is 0.667. The predicted octanol–water partition coefficient (Wildman–Crippen LogP) is 2.60. The molecule has 5 nitrogen and oxygen atoms in total. The molecule has 0 spiro atoms. The minimum atomic E-state index is -0.319. The first-order valence-corrected chi connectivity index (χ1v) is 10.1. The maximum Gasteiger partial charge on any atom is 0.222 e. The van der Waals surface area contributed by atoms with Gasteiger partial charge in [0.15, 0.2) is 11.6 Å². The summed E-state index contributed by atoms with van der Waals surface area (Å²) in [6.07, 6.45) is 3.98. The standard InChI is InChI=1S/C21H32FN3O2/c1-23-10-12-25(13-11-23)21(26)8-6-17-4-3-9-24(15-17)16-18-5-7-19(22)20(14-18)27-2/h5,7,14,17H,3-4,6,8-13,15-16H2,1-2H3. The van der Waals surface area contributed by atoms with Crippen LogP contribution in [0.1, 0.15) is 31.2 Å². The van der Waals surface area contributed by atoms with Crippen molar-refractivity contribution in [3.05, 3.63) is 29.6 Å². The van der Waals surface area contributed by atoms with E-state index in [1.807, 2.05) is 11.0 Å². The largest absolute Gasteiger partial charge is 0.494 e. The van der Waals surface area contributed by atoms with Gasteiger partial charge in [-0.3, -0.25) is 9.69 Å². The van der Waals surface area contributed by atoms with Crippen molar-refractivity contribution < 1.29 is 13.9 Å². The Bertz CT molecular complexity index is 632. The van der Waals surface area contributed by atoms with Crippen LogP contribution in [0.25, 0.3) is 0 Å². The Balaban J connectivity index is 1.46. The molecule has 1 aromatic rings. The van der Waals surface area contributed by atoms with Gasteiger partial charge in [0.25, 0.3) is 0 Å². The second-order valence-corrected chi connectivity index (χ2v) is 7.94. The minimum absolute atomic E-state index is 0.304. The summed E-state index contributed by atoms with van der Waals surface area (Å²) in [5.41, 5.74) is 1.07. The first-order chi connectivity index (χ1) is 13.0. The van der Waals surface area contributed by atoms with Gasteiger partial charge in [-0.05, 0) is 56.5 Å². The number of likely N-dealkylation sites (N-methyl/N-ethyl adjacent to an activating group) is 1. The first-order valence-electron chi connectivity index (χ1n) is 10.1. The van der Waals surface area contributed by atoms with Crippen LogP contribution in [0.2, 0.25) is 0 Å². The lowest BCUT2D eigenvalue weighted by Gasteiger charge is -2.34. The van der Waals surface area contributed by atoms with Crippen molar-refractivity contribution in [1.29, 1.82) is 0 Å². The molecule has 6 heteroatoms. The number of carbonyl (C=O) groups excluding carboxylic acids is 1. The lowest BCUT2D eigenvalue weighted by atomic mass is 9.92. The maximum atomic E-state index is 13.6. The van der Waals surface area contributed by atoms with Crippen LogP contribution in [0, 0.1) is 11.7 Å². The van der Waals surface area contributed by atoms with E-state index in [1.54, 1.807) is 6.07 Å². The fourth-order valence-corrected chi connectivity index (χ4v) is 4.13. The zero-order valence-corrected chi connectivity index (χ0v) is 16.6. The lowest BCUT2D eigenvalue weighted by molar-refractivity contribution is -0.133. The highest BCUT2D eigenvalue weighted by Gasteiger charge is 2.23. The molecule has 0 aromatic heterocycles. The molecule has 2 heterocycles. The Morgan fingerprint density at radius 2 is 2.00 bits per heavy atom. The first kappa shape index (κ1) is 20.1. The summed E-state index contributed by atoms with van der Waals surface area (Å²) in [4.78, 5) is 19.2. The summed E-state index contributed by atoms with van der Waals surface area (Å²) in [5, 5.41) is 0. The summed E-state index contributed by atoms with van der Waals surface area (Å²) in [6, 6.07) is 5.10. The molecule has 1 atom stereocenters. The van der Waals surface area contributed by atoms with Crippen molar-refractivity contribution in [2.75, 3.05) is 53.4 Å². The SMILES string of the molecule is COc1cc(CN2CCCC(CCC(=O)N3CCN(C)CC3)C2)ccc1F. The molecule has 27 heavy (non-hydrogen) atoms. The number of rotatable bonds is 6. The molecule has 0 bridgehead atoms. The molecular weight excluding hydrogens is 345 g/mol. The third kappa shape index (κ3) is 5.66. The van der Waals surface area contributed by atoms with Gasteiger partial charge in [0.2, 0.25) is 5.91 Å². The summed E-state index contributed by atoms with van der Waals surface area (Å²) in [7, 11) is 3.60. The number of piperazine rings is 1. The van der Waals surface area contributed by atoms with E-state index in [1.165, 1.54) is 19.6 Å². The van der Waals surface area contributed by atoms with Crippen LogP contribution in [0.15, 0.2) is 18.2 Å². The van der Waals surface area contributed by atoms with Crippen LogP contribution in [0.5, 0.6) is 5.75 Å². The quantitative estimate of drug-likeness (QED) is 0.764. The summed E-state index contributed by atoms with van der Waals surface area (Å²) in [6.45, 7) is 6.54. The molecule has 1 unspecified atom stereocenters. The number of piperidine rings is 1. The average molecular weight is 378 g/mol. The topological polar surface area (TPSA) is 36.0 Å². The molecule has 3 rings (SSSR count). The zero-order chi connectivity index (χ0) is 19.2. The van der Waals surface area contributed by atoms with Crippen molar-refractivity contribution in [1.82, 2.24) is 14.7 Å². The number of amides is 1. The molecule has 2 aliphatic heterocycles. The molecule has 2 saturated heterocycles. The summed E-state index contributed by atoms with van der Waals surface area (Å²) < 4.78 is 18.7. The van der Waals surface area contributed by atoms with Gasteiger partial charge in [0.1, 0.15) is 0 Å². The Morgan fingerprint density at radius 3 is 2.74 bits per heavy atom. The number of hydrogen-bond acceptors (Lipinski definition) is 4. The van der Waals surface area contributed by atoms with E-state index in [4.69, 9.17) is 4.74 Å². The highest BCUT2D eigenvalue weighted by Crippen LogP contribution is 2.25. The van der Waals surface area contributed by atoms with Gasteiger partial charge in [0.05, 0.1) is 7.11 Å². The molecule has 0 saturated carbocycles. The van der Waals surface area contributed by atoms with Crippen LogP contribution in [-0.2, 0) is 11.3 Å². The monoisotopic (exact) mass is 377 g/mol. The Kier molecular flexibility index (Phi) is 7.07. The number of benzene rings is 1. The number of likely N-dealkylation sites (tertiary alicyclic amines) is 1. The molecule has 0 radical (unpaired) electrons. The van der Waals surface area contributed by atoms with E-state index in [-0.39, 0.29) is 5.82 Å². The maximum absolute atomic E-state index is 13.6. The van der Waals surface area contributed by atoms with Gasteiger partial charge < -0.3 is 14.5 Å². The second kappa shape index (κ2) is 9.51. The van der Waals surface area contributed by atoms with E-state index < -0.39 is 0 Å². The smallest absolute Gasteiger partial charge is 0.222 e. The van der Waals surface area contributed by atoms with Gasteiger partial charge in [0, 0.05) is 45.7 Å². The lowest BCUT2D eigenvalue weighted by Crippen LogP contribution is -2.47. The van der Waals surface area contributed by atoms with E-state index in [2.05, 4.69) is 16.8 Å². The van der Waals surface area contributed by atoms with Crippen molar-refractivity contribution >= 4 is 5.91 Å². The van der Waals surface area contributed by atoms with Gasteiger partial charge in [-0.25, -0.2) is 4.39 Å². The zero-order valence-electron chi connectivity index (χ0n) is 16.6. The molecule has 1 amide bonds. The van der Waals surface area contributed by atoms with E-state index in [0.29, 0.717) is 24.0 Å². The fourth-order valence-electron chi connectivity index (χ4n) is 4.13. The number of ether oxygens (including phenoxy) is 1. The van der Waals surface area contributed by atoms with Gasteiger partial charge in [-0.2, -0.15) is 0 Å². The van der Waals surface area contributed by atoms with Crippen molar-refractivity contribution in [3.63, 3.8) is 0 Å². The van der Waals surface area contributed by atoms with Crippen LogP contribution >= 0.6 is 0 Å². The Labute approximate surface area is 162 Å². The summed E-state index contributed by atoms with van der Waals surface area (Å²) in [5.74, 6) is 0.861. The third-order valence-electron chi connectivity index (χ3n) is 5.85. The van der Waals surface area contributed by atoms with E-state index in [9.17, 15) is 9.18 Å². The molecule has 0 aliphatic carbocycles. The number of carbonyl (C=O) groups is 1. The van der Waals surface area contributed by atoms with E-state index >= 15 is 0 Å². The van der Waals surface area contributed by atoms with Crippen LogP contribution in [-0.4, -0.2) is 74.0 Å². The Morgan fingerprint density at radius 1 is 1.22 bits per heavy atom. The van der Waals surface area contributed by atoms with Crippen molar-refractivity contribution in [2.45, 2.75) is 32.2 Å². The second-order valence-electron chi connectivity index (χ2n) is 7.94. The molecule has 1 aromatic carbocycles. The van der Waals surface area contributed by atoms with Crippen molar-refractivity contribution in [3.8, 4) is 5.75 Å². The highest BCUT2D eigenvalue weighted by atomic mass is 19.1. The molecule has 2 fully saturated rings.